The Bertz CT molecular complexity index is 1270. The van der Waals surface area contributed by atoms with Gasteiger partial charge in [0.2, 0.25) is 6.79 Å². The number of ketones is 1. The van der Waals surface area contributed by atoms with Crippen molar-refractivity contribution in [2.45, 2.75) is 6.04 Å². The maximum absolute atomic E-state index is 13.1. The number of aliphatic hydroxyl groups is 1. The van der Waals surface area contributed by atoms with Gasteiger partial charge in [-0.25, -0.2) is 0 Å². The fourth-order valence-electron chi connectivity index (χ4n) is 3.82. The minimum atomic E-state index is -0.994. The number of carbonyl (C=O) groups excluding carboxylic acids is 2. The lowest BCUT2D eigenvalue weighted by Crippen LogP contribution is -2.29. The molecule has 2 aliphatic heterocycles. The second kappa shape index (κ2) is 7.65. The van der Waals surface area contributed by atoms with E-state index in [4.69, 9.17) is 30.2 Å². The summed E-state index contributed by atoms with van der Waals surface area (Å²) in [4.78, 5) is 27.4. The Morgan fingerprint density at radius 3 is 2.66 bits per heavy atom. The van der Waals surface area contributed by atoms with E-state index in [1.54, 1.807) is 42.5 Å². The predicted molar refractivity (Wildman–Crippen MR) is 114 cm³/mol. The van der Waals surface area contributed by atoms with Gasteiger partial charge in [0, 0.05) is 17.3 Å². The molecule has 3 aromatic rings. The Hall–Kier alpha value is -3.91. The van der Waals surface area contributed by atoms with Crippen molar-refractivity contribution in [1.82, 2.24) is 0 Å². The first kappa shape index (κ1) is 20.0. The van der Waals surface area contributed by atoms with Crippen LogP contribution in [0.25, 0.3) is 5.76 Å². The van der Waals surface area contributed by atoms with Crippen LogP contribution in [-0.4, -0.2) is 30.7 Å². The molecule has 0 spiro atoms. The van der Waals surface area contributed by atoms with Crippen molar-refractivity contribution in [2.75, 3.05) is 18.8 Å². The third-order valence-electron chi connectivity index (χ3n) is 5.32. The smallest absolute Gasteiger partial charge is 0.300 e. The molecule has 0 aliphatic carbocycles. The van der Waals surface area contributed by atoms with Gasteiger partial charge in [-0.2, -0.15) is 0 Å². The van der Waals surface area contributed by atoms with Gasteiger partial charge in [-0.1, -0.05) is 11.6 Å². The summed E-state index contributed by atoms with van der Waals surface area (Å²) in [6, 6.07) is 11.7. The Kier molecular flexibility index (Phi) is 4.79. The molecule has 0 bridgehead atoms. The lowest BCUT2D eigenvalue weighted by atomic mass is 9.99. The number of carbonyl (C=O) groups is 2. The number of hydrogen-bond acceptors (Lipinski definition) is 7. The van der Waals surface area contributed by atoms with Crippen LogP contribution in [0.1, 0.15) is 17.4 Å². The molecule has 1 aromatic heterocycles. The van der Waals surface area contributed by atoms with E-state index >= 15 is 0 Å². The summed E-state index contributed by atoms with van der Waals surface area (Å²) in [5.41, 5.74) is 0.532. The molecule has 5 rings (SSSR count). The van der Waals surface area contributed by atoms with Gasteiger partial charge >= 0.3 is 0 Å². The van der Waals surface area contributed by atoms with Crippen molar-refractivity contribution in [3.05, 3.63) is 76.7 Å². The SMILES string of the molecule is COc1ccc(/C(O)=C2/C(=O)C(=O)N(c3ccc4c(c3)OCO4)C2c2ccco2)cc1Cl. The zero-order valence-corrected chi connectivity index (χ0v) is 17.5. The van der Waals surface area contributed by atoms with Crippen LogP contribution in [0.2, 0.25) is 5.02 Å². The molecule has 1 unspecified atom stereocenters. The van der Waals surface area contributed by atoms with Gasteiger partial charge in [0.15, 0.2) is 11.5 Å². The lowest BCUT2D eigenvalue weighted by Gasteiger charge is -2.23. The van der Waals surface area contributed by atoms with Crippen LogP contribution in [0, 0.1) is 0 Å². The van der Waals surface area contributed by atoms with Crippen molar-refractivity contribution in [3.8, 4) is 17.2 Å². The van der Waals surface area contributed by atoms with Crippen LogP contribution >= 0.6 is 11.6 Å². The predicted octanol–water partition coefficient (Wildman–Crippen LogP) is 4.30. The summed E-state index contributed by atoms with van der Waals surface area (Å²) in [5.74, 6) is -0.343. The highest BCUT2D eigenvalue weighted by molar-refractivity contribution is 6.51. The molecular weight excluding hydrogens is 438 g/mol. The molecule has 1 atom stereocenters. The molecule has 32 heavy (non-hydrogen) atoms. The van der Waals surface area contributed by atoms with Gasteiger partial charge in [-0.05, 0) is 42.5 Å². The lowest BCUT2D eigenvalue weighted by molar-refractivity contribution is -0.132. The van der Waals surface area contributed by atoms with E-state index in [2.05, 4.69) is 0 Å². The highest BCUT2D eigenvalue weighted by Gasteiger charge is 2.48. The Balaban J connectivity index is 1.67. The van der Waals surface area contributed by atoms with Crippen molar-refractivity contribution in [3.63, 3.8) is 0 Å². The van der Waals surface area contributed by atoms with Gasteiger partial charge in [-0.3, -0.25) is 14.5 Å². The Morgan fingerprint density at radius 2 is 1.94 bits per heavy atom. The quantitative estimate of drug-likeness (QED) is 0.357. The molecule has 2 aromatic carbocycles. The number of ether oxygens (including phenoxy) is 3. The zero-order valence-electron chi connectivity index (χ0n) is 16.7. The van der Waals surface area contributed by atoms with E-state index in [1.165, 1.54) is 24.3 Å². The first-order chi connectivity index (χ1) is 15.5. The summed E-state index contributed by atoms with van der Waals surface area (Å²) in [6.07, 6.45) is 1.43. The van der Waals surface area contributed by atoms with Crippen molar-refractivity contribution < 1.29 is 33.3 Å². The van der Waals surface area contributed by atoms with Gasteiger partial charge in [0.1, 0.15) is 23.3 Å². The van der Waals surface area contributed by atoms with E-state index in [0.717, 1.165) is 0 Å². The highest BCUT2D eigenvalue weighted by atomic mass is 35.5. The van der Waals surface area contributed by atoms with Crippen LogP contribution < -0.4 is 19.1 Å². The number of aliphatic hydroxyl groups excluding tert-OH is 1. The van der Waals surface area contributed by atoms with Gasteiger partial charge in [-0.15, -0.1) is 0 Å². The number of anilines is 1. The van der Waals surface area contributed by atoms with Crippen molar-refractivity contribution in [1.29, 1.82) is 0 Å². The Labute approximate surface area is 187 Å². The number of furan rings is 1. The van der Waals surface area contributed by atoms with Crippen molar-refractivity contribution in [2.24, 2.45) is 0 Å². The van der Waals surface area contributed by atoms with Crippen LogP contribution in [0.4, 0.5) is 5.69 Å². The molecule has 0 saturated carbocycles. The number of rotatable bonds is 4. The van der Waals surface area contributed by atoms with Gasteiger partial charge in [0.05, 0.1) is 24.0 Å². The molecule has 8 nitrogen and oxygen atoms in total. The van der Waals surface area contributed by atoms with Crippen LogP contribution in [-0.2, 0) is 9.59 Å². The number of amides is 1. The van der Waals surface area contributed by atoms with Gasteiger partial charge < -0.3 is 23.7 Å². The molecular formula is C23H16ClNO7. The second-order valence-corrected chi connectivity index (χ2v) is 7.48. The molecule has 162 valence electrons. The topological polar surface area (TPSA) is 98.4 Å². The first-order valence-corrected chi connectivity index (χ1v) is 9.95. The van der Waals surface area contributed by atoms with Crippen LogP contribution in [0.3, 0.4) is 0 Å². The monoisotopic (exact) mass is 453 g/mol. The summed E-state index contributed by atoms with van der Waals surface area (Å²) in [5, 5.41) is 11.3. The average Bonchev–Trinajstić information content (AvgIpc) is 3.53. The zero-order chi connectivity index (χ0) is 22.4. The summed E-state index contributed by atoms with van der Waals surface area (Å²) >= 11 is 6.19. The molecule has 9 heteroatoms. The number of nitrogens with zero attached hydrogens (tertiary/aromatic N) is 1. The summed E-state index contributed by atoms with van der Waals surface area (Å²) in [7, 11) is 1.47. The Morgan fingerprint density at radius 1 is 1.12 bits per heavy atom. The third kappa shape index (κ3) is 3.07. The molecule has 1 amide bonds. The number of benzene rings is 2. The van der Waals surface area contributed by atoms with Crippen molar-refractivity contribution >= 4 is 34.7 Å². The molecule has 3 heterocycles. The van der Waals surface area contributed by atoms with E-state index in [1.807, 2.05) is 0 Å². The molecule has 1 N–H and O–H groups in total. The van der Waals surface area contributed by atoms with E-state index in [-0.39, 0.29) is 28.7 Å². The number of halogens is 1. The summed E-state index contributed by atoms with van der Waals surface area (Å²) < 4.78 is 21.4. The maximum Gasteiger partial charge on any atom is 0.300 e. The largest absolute Gasteiger partial charge is 0.507 e. The van der Waals surface area contributed by atoms with E-state index in [0.29, 0.717) is 28.7 Å². The third-order valence-corrected chi connectivity index (χ3v) is 5.61. The molecule has 2 aliphatic rings. The number of methoxy groups -OCH3 is 1. The van der Waals surface area contributed by atoms with E-state index < -0.39 is 17.7 Å². The standard InChI is InChI=1S/C23H16ClNO7/c1-29-15-6-4-12(9-14(15)24)21(26)19-20(17-3-2-8-30-17)25(23(28)22(19)27)13-5-7-16-18(10-13)32-11-31-16/h2-10,20,26H,11H2,1H3/b21-19-. The number of fused-ring (bicyclic) bond motifs is 1. The number of Topliss-reactive ketones (excluding diaryl/α,β-unsaturated/α-hetero) is 1. The summed E-state index contributed by atoms with van der Waals surface area (Å²) in [6.45, 7) is 0.0669. The first-order valence-electron chi connectivity index (χ1n) is 9.57. The molecule has 0 radical (unpaired) electrons. The minimum absolute atomic E-state index is 0.0669. The van der Waals surface area contributed by atoms with Gasteiger partial charge in [0.25, 0.3) is 11.7 Å². The van der Waals surface area contributed by atoms with Crippen LogP contribution in [0.5, 0.6) is 17.2 Å². The fourth-order valence-corrected chi connectivity index (χ4v) is 4.08. The minimum Gasteiger partial charge on any atom is -0.507 e. The fraction of sp³-hybridized carbons (Fsp3) is 0.130. The average molecular weight is 454 g/mol. The van der Waals surface area contributed by atoms with E-state index in [9.17, 15) is 14.7 Å². The normalized spacial score (nSPS) is 18.9. The maximum atomic E-state index is 13.1. The molecule has 1 saturated heterocycles. The van der Waals surface area contributed by atoms with Crippen LogP contribution in [0.15, 0.2) is 64.8 Å². The molecule has 1 fully saturated rings. The second-order valence-electron chi connectivity index (χ2n) is 7.07. The highest BCUT2D eigenvalue weighted by Crippen LogP contribution is 2.45. The number of hydrogen-bond donors (Lipinski definition) is 1.